The van der Waals surface area contributed by atoms with E-state index in [4.69, 9.17) is 4.74 Å². The first-order chi connectivity index (χ1) is 9.10. The molecule has 1 aromatic carbocycles. The average molecular weight is 323 g/mol. The molecule has 0 bridgehead atoms. The summed E-state index contributed by atoms with van der Waals surface area (Å²) in [5.41, 5.74) is 1.24. The maximum atomic E-state index is 12.0. The summed E-state index contributed by atoms with van der Waals surface area (Å²) < 4.78 is 7.65. The summed E-state index contributed by atoms with van der Waals surface area (Å²) in [6.07, 6.45) is 3.58. The second-order valence-electron chi connectivity index (χ2n) is 4.20. The van der Waals surface area contributed by atoms with Crippen molar-refractivity contribution in [2.45, 2.75) is 26.4 Å². The highest BCUT2D eigenvalue weighted by molar-refractivity contribution is 9.10. The Morgan fingerprint density at radius 1 is 1.42 bits per heavy atom. The van der Waals surface area contributed by atoms with Gasteiger partial charge in [-0.3, -0.25) is 4.79 Å². The van der Waals surface area contributed by atoms with Crippen LogP contribution >= 0.6 is 15.9 Å². The van der Waals surface area contributed by atoms with Gasteiger partial charge in [0.1, 0.15) is 5.75 Å². The Morgan fingerprint density at radius 3 is 2.63 bits per heavy atom. The highest BCUT2D eigenvalue weighted by atomic mass is 79.9. The van der Waals surface area contributed by atoms with Crippen LogP contribution in [0.15, 0.2) is 41.1 Å². The zero-order chi connectivity index (χ0) is 13.8. The molecule has 2 aromatic rings. The highest BCUT2D eigenvalue weighted by Gasteiger charge is 2.17. The largest absolute Gasteiger partial charge is 0.481 e. The van der Waals surface area contributed by atoms with Crippen molar-refractivity contribution in [2.75, 3.05) is 0 Å². The summed E-state index contributed by atoms with van der Waals surface area (Å²) in [5.74, 6) is 0.481. The lowest BCUT2D eigenvalue weighted by Gasteiger charge is -2.13. The number of rotatable bonds is 4. The lowest BCUT2D eigenvalue weighted by atomic mass is 10.2. The van der Waals surface area contributed by atoms with Gasteiger partial charge in [-0.1, -0.05) is 19.1 Å². The standard InChI is InChI=1S/C14H15BrN2O2/c1-3-11-4-6-13(7-5-11)19-10(2)14(18)17-9-12(15)8-16-17/h4-10H,3H2,1-2H3/t10-/m1/s1. The van der Waals surface area contributed by atoms with E-state index in [0.29, 0.717) is 5.75 Å². The van der Waals surface area contributed by atoms with E-state index in [2.05, 4.69) is 28.0 Å². The third kappa shape index (κ3) is 3.44. The van der Waals surface area contributed by atoms with Crippen LogP contribution in [0.1, 0.15) is 24.2 Å². The summed E-state index contributed by atoms with van der Waals surface area (Å²) in [4.78, 5) is 12.0. The van der Waals surface area contributed by atoms with Crippen LogP contribution in [0, 0.1) is 0 Å². The molecule has 0 saturated carbocycles. The molecule has 0 aliphatic carbocycles. The van der Waals surface area contributed by atoms with Gasteiger partial charge in [-0.15, -0.1) is 0 Å². The monoisotopic (exact) mass is 322 g/mol. The van der Waals surface area contributed by atoms with E-state index in [-0.39, 0.29) is 5.91 Å². The SMILES string of the molecule is CCc1ccc(O[C@H](C)C(=O)n2cc(Br)cn2)cc1. The van der Waals surface area contributed by atoms with Crippen LogP contribution in [0.5, 0.6) is 5.75 Å². The molecule has 0 fully saturated rings. The Bertz CT molecular complexity index is 563. The minimum absolute atomic E-state index is 0.203. The summed E-state index contributed by atoms with van der Waals surface area (Å²) in [5, 5.41) is 3.95. The van der Waals surface area contributed by atoms with E-state index in [9.17, 15) is 4.79 Å². The first-order valence-electron chi connectivity index (χ1n) is 6.10. The molecular formula is C14H15BrN2O2. The van der Waals surface area contributed by atoms with Crippen molar-refractivity contribution in [1.82, 2.24) is 9.78 Å². The van der Waals surface area contributed by atoms with Crippen LogP contribution in [-0.4, -0.2) is 21.8 Å². The van der Waals surface area contributed by atoms with E-state index in [0.717, 1.165) is 10.9 Å². The first kappa shape index (κ1) is 13.8. The number of hydrogen-bond acceptors (Lipinski definition) is 3. The predicted octanol–water partition coefficient (Wildman–Crippen LogP) is 3.32. The van der Waals surface area contributed by atoms with E-state index >= 15 is 0 Å². The van der Waals surface area contributed by atoms with Crippen molar-refractivity contribution in [3.8, 4) is 5.75 Å². The van der Waals surface area contributed by atoms with Crippen molar-refractivity contribution in [3.05, 3.63) is 46.7 Å². The van der Waals surface area contributed by atoms with E-state index in [1.807, 2.05) is 24.3 Å². The Balaban J connectivity index is 2.03. The number of benzene rings is 1. The second kappa shape index (κ2) is 6.02. The third-order valence-electron chi connectivity index (χ3n) is 2.77. The van der Waals surface area contributed by atoms with Crippen LogP contribution in [0.2, 0.25) is 0 Å². The van der Waals surface area contributed by atoms with Gasteiger partial charge in [0.15, 0.2) is 6.10 Å². The van der Waals surface area contributed by atoms with Crippen molar-refractivity contribution in [1.29, 1.82) is 0 Å². The molecule has 0 amide bonds. The topological polar surface area (TPSA) is 44.1 Å². The average Bonchev–Trinajstić information content (AvgIpc) is 2.85. The molecule has 4 nitrogen and oxygen atoms in total. The van der Waals surface area contributed by atoms with Crippen molar-refractivity contribution in [3.63, 3.8) is 0 Å². The minimum atomic E-state index is -0.584. The van der Waals surface area contributed by atoms with Gasteiger partial charge in [-0.25, -0.2) is 4.68 Å². The zero-order valence-electron chi connectivity index (χ0n) is 10.8. The fraction of sp³-hybridized carbons (Fsp3) is 0.286. The molecule has 5 heteroatoms. The van der Waals surface area contributed by atoms with Crippen molar-refractivity contribution in [2.24, 2.45) is 0 Å². The molecule has 0 N–H and O–H groups in total. The van der Waals surface area contributed by atoms with E-state index in [1.54, 1.807) is 19.3 Å². The molecule has 2 rings (SSSR count). The fourth-order valence-electron chi connectivity index (χ4n) is 1.67. The third-order valence-corrected chi connectivity index (χ3v) is 3.18. The van der Waals surface area contributed by atoms with Crippen LogP contribution in [0.4, 0.5) is 0 Å². The number of nitrogens with zero attached hydrogens (tertiary/aromatic N) is 2. The summed E-state index contributed by atoms with van der Waals surface area (Å²) in [6, 6.07) is 7.75. The molecule has 1 aromatic heterocycles. The number of carbonyl (C=O) groups is 1. The quantitative estimate of drug-likeness (QED) is 0.867. The van der Waals surface area contributed by atoms with Gasteiger partial charge in [-0.2, -0.15) is 5.10 Å². The molecule has 0 radical (unpaired) electrons. The van der Waals surface area contributed by atoms with Gasteiger partial charge >= 0.3 is 0 Å². The molecule has 19 heavy (non-hydrogen) atoms. The number of ether oxygens (including phenoxy) is 1. The van der Waals surface area contributed by atoms with Crippen LogP contribution in [0.3, 0.4) is 0 Å². The summed E-state index contributed by atoms with van der Waals surface area (Å²) in [7, 11) is 0. The van der Waals surface area contributed by atoms with E-state index in [1.165, 1.54) is 10.2 Å². The van der Waals surface area contributed by atoms with Gasteiger partial charge in [0, 0.05) is 6.20 Å². The van der Waals surface area contributed by atoms with Crippen LogP contribution in [-0.2, 0) is 6.42 Å². The second-order valence-corrected chi connectivity index (χ2v) is 5.11. The van der Waals surface area contributed by atoms with Gasteiger partial charge in [-0.05, 0) is 47.0 Å². The zero-order valence-corrected chi connectivity index (χ0v) is 12.4. The van der Waals surface area contributed by atoms with Crippen LogP contribution in [0.25, 0.3) is 0 Å². The number of carbonyl (C=O) groups excluding carboxylic acids is 1. The molecule has 1 heterocycles. The van der Waals surface area contributed by atoms with Crippen molar-refractivity contribution >= 4 is 21.8 Å². The molecule has 0 unspecified atom stereocenters. The lowest BCUT2D eigenvalue weighted by molar-refractivity contribution is 0.0710. The first-order valence-corrected chi connectivity index (χ1v) is 6.89. The Kier molecular flexibility index (Phi) is 4.37. The molecular weight excluding hydrogens is 308 g/mol. The molecule has 100 valence electrons. The Labute approximate surface area is 120 Å². The molecule has 0 aliphatic rings. The maximum Gasteiger partial charge on any atom is 0.287 e. The molecule has 1 atom stereocenters. The number of hydrogen-bond donors (Lipinski definition) is 0. The lowest BCUT2D eigenvalue weighted by Crippen LogP contribution is -2.29. The van der Waals surface area contributed by atoms with Gasteiger partial charge in [0.05, 0.1) is 10.7 Å². The molecule has 0 saturated heterocycles. The highest BCUT2D eigenvalue weighted by Crippen LogP contribution is 2.15. The predicted molar refractivity (Wildman–Crippen MR) is 76.5 cm³/mol. The van der Waals surface area contributed by atoms with Crippen LogP contribution < -0.4 is 4.74 Å². The Morgan fingerprint density at radius 2 is 2.11 bits per heavy atom. The molecule has 0 spiro atoms. The van der Waals surface area contributed by atoms with Gasteiger partial charge in [0.2, 0.25) is 0 Å². The van der Waals surface area contributed by atoms with E-state index < -0.39 is 6.10 Å². The van der Waals surface area contributed by atoms with Gasteiger partial charge in [0.25, 0.3) is 5.91 Å². The number of aromatic nitrogens is 2. The molecule has 0 aliphatic heterocycles. The van der Waals surface area contributed by atoms with Gasteiger partial charge < -0.3 is 4.74 Å². The fourth-order valence-corrected chi connectivity index (χ4v) is 1.95. The van der Waals surface area contributed by atoms with Crippen molar-refractivity contribution < 1.29 is 9.53 Å². The number of halogens is 1. The summed E-state index contributed by atoms with van der Waals surface area (Å²) in [6.45, 7) is 3.81. The smallest absolute Gasteiger partial charge is 0.287 e. The number of aryl methyl sites for hydroxylation is 1. The maximum absolute atomic E-state index is 12.0. The minimum Gasteiger partial charge on any atom is -0.481 e. The normalized spacial score (nSPS) is 12.2. The Hall–Kier alpha value is -1.62. The summed E-state index contributed by atoms with van der Waals surface area (Å²) >= 11 is 3.26.